The normalized spacial score (nSPS) is 10.9. The number of anilines is 1. The largest absolute Gasteiger partial charge is 0.451 e. The van der Waals surface area contributed by atoms with Gasteiger partial charge in [0.1, 0.15) is 11.3 Å². The number of hydrogen-bond donors (Lipinski definition) is 1. The Morgan fingerprint density at radius 2 is 1.78 bits per heavy atom. The van der Waals surface area contributed by atoms with Gasteiger partial charge in [-0.25, -0.2) is 4.79 Å². The van der Waals surface area contributed by atoms with Crippen LogP contribution in [0.3, 0.4) is 0 Å². The zero-order valence-corrected chi connectivity index (χ0v) is 15.2. The van der Waals surface area contributed by atoms with Crippen LogP contribution in [0.4, 0.5) is 5.69 Å². The van der Waals surface area contributed by atoms with Crippen molar-refractivity contribution in [3.8, 4) is 11.3 Å². The number of carbonyl (C=O) groups excluding carboxylic acids is 1. The second-order valence-corrected chi connectivity index (χ2v) is 6.51. The van der Waals surface area contributed by atoms with E-state index >= 15 is 0 Å². The lowest BCUT2D eigenvalue weighted by Crippen LogP contribution is -2.10. The molecular weight excluding hydrogens is 389 g/mol. The molecule has 2 heterocycles. The van der Waals surface area contributed by atoms with Gasteiger partial charge >= 0.3 is 5.63 Å². The highest BCUT2D eigenvalue weighted by Gasteiger charge is 2.15. The van der Waals surface area contributed by atoms with Crippen LogP contribution in [0, 0.1) is 0 Å². The molecule has 0 fully saturated rings. The Balaban J connectivity index is 1.59. The van der Waals surface area contributed by atoms with Gasteiger partial charge in [-0.15, -0.1) is 0 Å². The van der Waals surface area contributed by atoms with Crippen LogP contribution < -0.4 is 10.9 Å². The van der Waals surface area contributed by atoms with Crippen LogP contribution >= 0.6 is 23.2 Å². The molecule has 0 spiro atoms. The maximum atomic E-state index is 12.5. The van der Waals surface area contributed by atoms with E-state index in [0.29, 0.717) is 38.0 Å². The topological polar surface area (TPSA) is 72.5 Å². The first-order valence-electron chi connectivity index (χ1n) is 7.91. The van der Waals surface area contributed by atoms with E-state index in [0.717, 1.165) is 0 Å². The molecule has 4 aromatic rings. The van der Waals surface area contributed by atoms with Crippen molar-refractivity contribution < 1.29 is 13.6 Å². The third-order valence-corrected chi connectivity index (χ3v) is 4.74. The molecule has 0 aliphatic rings. The number of rotatable bonds is 3. The van der Waals surface area contributed by atoms with Crippen molar-refractivity contribution in [2.24, 2.45) is 0 Å². The SMILES string of the molecule is O=C(Nc1ccc2oc(=O)ccc2c1)c1ccc(-c2cccc(Cl)c2Cl)o1. The molecule has 0 bridgehead atoms. The lowest BCUT2D eigenvalue weighted by molar-refractivity contribution is 0.0997. The van der Waals surface area contributed by atoms with E-state index in [-0.39, 0.29) is 5.76 Å². The lowest BCUT2D eigenvalue weighted by Gasteiger charge is -2.05. The fourth-order valence-corrected chi connectivity index (χ4v) is 3.03. The van der Waals surface area contributed by atoms with Gasteiger partial charge in [-0.05, 0) is 48.5 Å². The van der Waals surface area contributed by atoms with Crippen LogP contribution in [0.1, 0.15) is 10.6 Å². The Morgan fingerprint density at radius 3 is 2.63 bits per heavy atom. The second kappa shape index (κ2) is 6.95. The molecule has 4 rings (SSSR count). The Hall–Kier alpha value is -3.02. The van der Waals surface area contributed by atoms with Gasteiger partial charge in [0.25, 0.3) is 5.91 Å². The molecule has 1 amide bonds. The summed E-state index contributed by atoms with van der Waals surface area (Å²) in [6, 6.07) is 16.3. The van der Waals surface area contributed by atoms with Gasteiger partial charge in [-0.3, -0.25) is 4.79 Å². The summed E-state index contributed by atoms with van der Waals surface area (Å²) in [5.74, 6) is 0.143. The molecule has 0 saturated heterocycles. The van der Waals surface area contributed by atoms with Crippen molar-refractivity contribution in [3.05, 3.63) is 86.9 Å². The monoisotopic (exact) mass is 399 g/mol. The molecule has 0 aliphatic heterocycles. The molecule has 7 heteroatoms. The van der Waals surface area contributed by atoms with E-state index < -0.39 is 11.5 Å². The van der Waals surface area contributed by atoms with E-state index in [1.165, 1.54) is 6.07 Å². The first-order valence-corrected chi connectivity index (χ1v) is 8.66. The molecule has 1 N–H and O–H groups in total. The zero-order valence-electron chi connectivity index (χ0n) is 13.7. The quantitative estimate of drug-likeness (QED) is 0.454. The maximum Gasteiger partial charge on any atom is 0.336 e. The summed E-state index contributed by atoms with van der Waals surface area (Å²) in [5, 5.41) is 4.20. The predicted octanol–water partition coefficient (Wildman–Crippen LogP) is 5.61. The van der Waals surface area contributed by atoms with Gasteiger partial charge in [0.05, 0.1) is 10.0 Å². The van der Waals surface area contributed by atoms with Crippen LogP contribution in [-0.2, 0) is 0 Å². The highest BCUT2D eigenvalue weighted by Crippen LogP contribution is 2.34. The number of halogens is 2. The summed E-state index contributed by atoms with van der Waals surface area (Å²) < 4.78 is 10.7. The van der Waals surface area contributed by atoms with E-state index in [1.54, 1.807) is 54.6 Å². The average molecular weight is 400 g/mol. The van der Waals surface area contributed by atoms with Crippen LogP contribution in [0.5, 0.6) is 0 Å². The number of fused-ring (bicyclic) bond motifs is 1. The van der Waals surface area contributed by atoms with Gasteiger partial charge < -0.3 is 14.2 Å². The lowest BCUT2D eigenvalue weighted by atomic mass is 10.2. The molecule has 2 aromatic heterocycles. The number of carbonyl (C=O) groups is 1. The van der Waals surface area contributed by atoms with Gasteiger partial charge in [-0.2, -0.15) is 0 Å². The maximum absolute atomic E-state index is 12.5. The second-order valence-electron chi connectivity index (χ2n) is 5.73. The number of amides is 1. The Bertz CT molecular complexity index is 1230. The van der Waals surface area contributed by atoms with Crippen molar-refractivity contribution in [2.75, 3.05) is 5.32 Å². The molecule has 0 aliphatic carbocycles. The Morgan fingerprint density at radius 1 is 0.926 bits per heavy atom. The van der Waals surface area contributed by atoms with Crippen molar-refractivity contribution >= 4 is 45.8 Å². The van der Waals surface area contributed by atoms with Crippen molar-refractivity contribution in [3.63, 3.8) is 0 Å². The number of furan rings is 1. The summed E-state index contributed by atoms with van der Waals surface area (Å²) in [5.41, 5.74) is 1.16. The van der Waals surface area contributed by atoms with Crippen molar-refractivity contribution in [2.45, 2.75) is 0 Å². The summed E-state index contributed by atoms with van der Waals surface area (Å²) >= 11 is 12.2. The fraction of sp³-hybridized carbons (Fsp3) is 0. The van der Waals surface area contributed by atoms with E-state index in [4.69, 9.17) is 32.0 Å². The molecular formula is C20H11Cl2NO4. The molecule has 5 nitrogen and oxygen atoms in total. The van der Waals surface area contributed by atoms with E-state index in [9.17, 15) is 9.59 Å². The first-order chi connectivity index (χ1) is 13.0. The third kappa shape index (κ3) is 3.47. The number of benzene rings is 2. The molecule has 27 heavy (non-hydrogen) atoms. The molecule has 0 radical (unpaired) electrons. The van der Waals surface area contributed by atoms with Crippen molar-refractivity contribution in [1.82, 2.24) is 0 Å². The molecule has 2 aromatic carbocycles. The Kier molecular flexibility index (Phi) is 4.48. The molecule has 0 unspecified atom stereocenters. The summed E-state index contributed by atoms with van der Waals surface area (Å²) in [7, 11) is 0. The minimum Gasteiger partial charge on any atom is -0.451 e. The molecule has 0 atom stereocenters. The minimum atomic E-state index is -0.429. The molecule has 134 valence electrons. The Labute approximate surface area is 163 Å². The summed E-state index contributed by atoms with van der Waals surface area (Å²) in [6.45, 7) is 0. The smallest absolute Gasteiger partial charge is 0.336 e. The van der Waals surface area contributed by atoms with Gasteiger partial charge in [0.15, 0.2) is 5.76 Å². The first kappa shape index (κ1) is 17.4. The minimum absolute atomic E-state index is 0.126. The van der Waals surface area contributed by atoms with Crippen LogP contribution in [0.2, 0.25) is 10.0 Å². The standard InChI is InChI=1S/C20H11Cl2NO4/c21-14-3-1-2-13(19(14)22)16-7-8-17(26-16)20(25)23-12-5-6-15-11(10-12)4-9-18(24)27-15/h1-10H,(H,23,25). The molecule has 0 saturated carbocycles. The van der Waals surface area contributed by atoms with E-state index in [1.807, 2.05) is 0 Å². The van der Waals surface area contributed by atoms with Crippen LogP contribution in [0.15, 0.2) is 74.3 Å². The van der Waals surface area contributed by atoms with Gasteiger partial charge in [0, 0.05) is 22.7 Å². The number of nitrogens with one attached hydrogen (secondary N) is 1. The summed E-state index contributed by atoms with van der Waals surface area (Å²) in [6.07, 6.45) is 0. The third-order valence-electron chi connectivity index (χ3n) is 3.92. The van der Waals surface area contributed by atoms with Gasteiger partial charge in [0.2, 0.25) is 0 Å². The predicted molar refractivity (Wildman–Crippen MR) is 105 cm³/mol. The average Bonchev–Trinajstić information content (AvgIpc) is 3.14. The summed E-state index contributed by atoms with van der Waals surface area (Å²) in [4.78, 5) is 23.7. The zero-order chi connectivity index (χ0) is 19.0. The van der Waals surface area contributed by atoms with Crippen LogP contribution in [0.25, 0.3) is 22.3 Å². The highest BCUT2D eigenvalue weighted by atomic mass is 35.5. The fourth-order valence-electron chi connectivity index (χ4n) is 2.64. The van der Waals surface area contributed by atoms with E-state index in [2.05, 4.69) is 5.32 Å². The van der Waals surface area contributed by atoms with Crippen molar-refractivity contribution in [1.29, 1.82) is 0 Å². The van der Waals surface area contributed by atoms with Gasteiger partial charge in [-0.1, -0.05) is 29.3 Å². The van der Waals surface area contributed by atoms with Crippen LogP contribution in [-0.4, -0.2) is 5.91 Å². The highest BCUT2D eigenvalue weighted by molar-refractivity contribution is 6.43. The number of hydrogen-bond acceptors (Lipinski definition) is 4.